The van der Waals surface area contributed by atoms with Crippen molar-refractivity contribution in [3.8, 4) is 5.75 Å². The Labute approximate surface area is 693 Å². The highest BCUT2D eigenvalue weighted by molar-refractivity contribution is 8.76. The summed E-state index contributed by atoms with van der Waals surface area (Å²) in [4.78, 5) is 177. The number of hydrogen-bond donors (Lipinski definition) is 3. The molecule has 3 N–H and O–H groups in total. The number of carboxylic acids is 1. The number of rotatable bonds is 48. The lowest BCUT2D eigenvalue weighted by atomic mass is 9.82. The summed E-state index contributed by atoms with van der Waals surface area (Å²) in [5.41, 5.74) is 0.807. The van der Waals surface area contributed by atoms with Crippen LogP contribution in [0, 0.1) is 57.5 Å². The van der Waals surface area contributed by atoms with Crippen molar-refractivity contribution in [2.75, 3.05) is 59.6 Å². The Hall–Kier alpha value is -7.78. The smallest absolute Gasteiger partial charge is 0.355 e. The van der Waals surface area contributed by atoms with E-state index in [1.54, 1.807) is 29.3 Å². The summed E-state index contributed by atoms with van der Waals surface area (Å²) < 4.78 is 22.5. The lowest BCUT2D eigenvalue weighted by molar-refractivity contribution is -0.388. The van der Waals surface area contributed by atoms with Gasteiger partial charge in [0.1, 0.15) is 29.6 Å². The number of aromatic carboxylic acids is 1. The van der Waals surface area contributed by atoms with Gasteiger partial charge in [0.15, 0.2) is 47.6 Å². The number of pyridine rings is 1. The first-order valence-corrected chi connectivity index (χ1v) is 44.5. The summed E-state index contributed by atoms with van der Waals surface area (Å²) >= 11 is 2.42. The van der Waals surface area contributed by atoms with Crippen molar-refractivity contribution in [3.05, 3.63) is 90.4 Å². The fourth-order valence-electron chi connectivity index (χ4n) is 14.4. The maximum atomic E-state index is 15.0. The second-order valence-electron chi connectivity index (χ2n) is 31.2. The Morgan fingerprint density at radius 1 is 0.678 bits per heavy atom. The molecule has 0 radical (unpaired) electrons. The Morgan fingerprint density at radius 2 is 1.20 bits per heavy atom. The Morgan fingerprint density at radius 3 is 1.69 bits per heavy atom. The van der Waals surface area contributed by atoms with E-state index in [1.165, 1.54) is 69.8 Å². The Kier molecular flexibility index (Phi) is 42.6. The molecular weight excluding hydrogens is 1560 g/mol. The number of carbonyl (C=O) groups is 11. The third-order valence-electron chi connectivity index (χ3n) is 21.6. The van der Waals surface area contributed by atoms with Gasteiger partial charge in [-0.1, -0.05) is 132 Å². The van der Waals surface area contributed by atoms with Crippen LogP contribution in [0.2, 0.25) is 0 Å². The third kappa shape index (κ3) is 31.9. The molecule has 0 spiro atoms. The summed E-state index contributed by atoms with van der Waals surface area (Å²) in [5, 5.41) is 37.5. The number of ketones is 3. The molecule has 3 amide bonds. The van der Waals surface area contributed by atoms with Crippen LogP contribution in [0.5, 0.6) is 5.75 Å². The molecule has 4 aromatic rings. The summed E-state index contributed by atoms with van der Waals surface area (Å²) in [6, 6.07) is 7.93. The molecule has 32 heteroatoms. The molecule has 2 saturated heterocycles. The number of ether oxygens (including phenoxy) is 4. The van der Waals surface area contributed by atoms with E-state index in [4.69, 9.17) is 23.9 Å². The van der Waals surface area contributed by atoms with Gasteiger partial charge in [-0.3, -0.25) is 67.9 Å². The van der Waals surface area contributed by atoms with Gasteiger partial charge in [-0.25, -0.2) is 19.7 Å². The standard InChI is InChI=1S/C53H74N6O13S3.C30H49N3O6S/c1-9-14-48(64)71-32-58(53(67)40(34(5)10-2)28-46(63)42-15-11-12-22-57(42)8)44(33(3)4)29-47(72-36(7)60)52-56-41(31-73-52)45(62)27-38(26-37-17-19-39(61)20-18-37)25-35(6)50(66)55-30-49(65)70-23-24-74-75-51-43(59(68)69)16-13-21-54-51;1-8-12-27(35)39-18-33(25(19(3)4)15-21(6)28-31-23(17-40-28)30(37)38)29(36)22(20(5)9-2)16-26(34)24-13-10-11-14-32(24)7/h13,16-21,31,33-35,38,40,42,44,47,61H,9-12,14-15,22-30,32H2,1-8H3,(H,55,66);17,19-22,24-25H,8-16,18H2,1-7H3,(H,37,38)/t34-,35-,38+,40-,42+,44+,47+;20-,21+,22-,24+,25+/m00/s1. The number of aromatic hydroxyl groups is 1. The predicted molar refractivity (Wildman–Crippen MR) is 443 cm³/mol. The minimum atomic E-state index is -1.07. The van der Waals surface area contributed by atoms with Gasteiger partial charge in [0.05, 0.1) is 22.0 Å². The highest BCUT2D eigenvalue weighted by Gasteiger charge is 2.42. The van der Waals surface area contributed by atoms with Crippen molar-refractivity contribution in [2.45, 2.75) is 253 Å². The zero-order valence-electron chi connectivity index (χ0n) is 69.7. The molecule has 2 aliphatic rings. The average molecular weight is 1680 g/mol. The van der Waals surface area contributed by atoms with Gasteiger partial charge in [-0.15, -0.1) is 22.7 Å². The minimum Gasteiger partial charge on any atom is -0.508 e. The van der Waals surface area contributed by atoms with E-state index in [1.807, 2.05) is 90.3 Å². The molecule has 3 aromatic heterocycles. The molecule has 2 aliphatic heterocycles. The summed E-state index contributed by atoms with van der Waals surface area (Å²) in [7, 11) is 6.23. The van der Waals surface area contributed by atoms with E-state index in [0.717, 1.165) is 85.7 Å². The molecule has 0 saturated carbocycles. The second kappa shape index (κ2) is 50.1. The molecule has 5 heterocycles. The first-order valence-electron chi connectivity index (χ1n) is 40.5. The van der Waals surface area contributed by atoms with Gasteiger partial charge >= 0.3 is 35.5 Å². The highest BCUT2D eigenvalue weighted by atomic mass is 33.1. The van der Waals surface area contributed by atoms with Gasteiger partial charge in [0.2, 0.25) is 17.7 Å². The molecule has 115 heavy (non-hydrogen) atoms. The van der Waals surface area contributed by atoms with Crippen molar-refractivity contribution >= 4 is 115 Å². The van der Waals surface area contributed by atoms with Crippen LogP contribution in [0.15, 0.2) is 58.4 Å². The number of thiazole rings is 2. The van der Waals surface area contributed by atoms with Crippen molar-refractivity contribution in [3.63, 3.8) is 0 Å². The zero-order valence-corrected chi connectivity index (χ0v) is 73.0. The number of likely N-dealkylation sites (tertiary alicyclic amines) is 2. The quantitative estimate of drug-likeness (QED) is 0.00540. The van der Waals surface area contributed by atoms with Crippen LogP contribution in [0.3, 0.4) is 0 Å². The van der Waals surface area contributed by atoms with E-state index >= 15 is 0 Å². The van der Waals surface area contributed by atoms with Gasteiger partial charge in [0.25, 0.3) is 0 Å². The van der Waals surface area contributed by atoms with Gasteiger partial charge in [-0.2, -0.15) is 0 Å². The number of likely N-dealkylation sites (N-methyl/N-ethyl adjacent to an activating group) is 2. The second-order valence-corrected chi connectivity index (χ2v) is 35.4. The number of carbonyl (C=O) groups excluding carboxylic acids is 10. The number of hydrogen-bond acceptors (Lipinski definition) is 27. The number of piperidine rings is 2. The number of nitro groups is 1. The molecule has 1 aromatic carbocycles. The molecular formula is C83H123N9O19S4. The van der Waals surface area contributed by atoms with Crippen LogP contribution < -0.4 is 5.32 Å². The largest absolute Gasteiger partial charge is 0.508 e. The number of nitrogens with zero attached hydrogens (tertiary/aromatic N) is 8. The summed E-state index contributed by atoms with van der Waals surface area (Å²) in [6.07, 6.45) is 10.3. The molecule has 28 nitrogen and oxygen atoms in total. The average Bonchev–Trinajstić information content (AvgIpc) is 1.70. The molecule has 6 rings (SSSR count). The van der Waals surface area contributed by atoms with Crippen LogP contribution >= 0.6 is 44.3 Å². The van der Waals surface area contributed by atoms with Gasteiger partial charge in [0, 0.05) is 110 Å². The van der Waals surface area contributed by atoms with Crippen molar-refractivity contribution < 1.29 is 86.8 Å². The number of phenolic OH excluding ortho intramolecular Hbond substituents is 1. The monoisotopic (exact) mass is 1680 g/mol. The maximum Gasteiger partial charge on any atom is 0.355 e. The van der Waals surface area contributed by atoms with E-state index in [0.29, 0.717) is 47.9 Å². The van der Waals surface area contributed by atoms with Crippen molar-refractivity contribution in [2.24, 2.45) is 47.3 Å². The normalized spacial score (nSPS) is 17.2. The first-order chi connectivity index (χ1) is 54.6. The maximum absolute atomic E-state index is 15.0. The summed E-state index contributed by atoms with van der Waals surface area (Å²) in [5.74, 6) is -6.85. The van der Waals surface area contributed by atoms with E-state index in [9.17, 15) is 73.1 Å². The van der Waals surface area contributed by atoms with E-state index in [2.05, 4.69) is 25.1 Å². The van der Waals surface area contributed by atoms with Crippen molar-refractivity contribution in [1.29, 1.82) is 0 Å². The Bertz CT molecular complexity index is 3820. The van der Waals surface area contributed by atoms with E-state index in [-0.39, 0.29) is 176 Å². The van der Waals surface area contributed by atoms with Gasteiger partial charge in [-0.05, 0) is 149 Å². The number of nitrogens with one attached hydrogen (secondary N) is 1. The number of Topliss-reactive ketones (excluding diaryl/α,β-unsaturated/α-hetero) is 3. The molecule has 0 unspecified atom stereocenters. The number of esters is 4. The van der Waals surface area contributed by atoms with Crippen LogP contribution in [-0.2, 0) is 68.5 Å². The van der Waals surface area contributed by atoms with Gasteiger partial charge < -0.3 is 44.3 Å². The number of phenols is 1. The lowest BCUT2D eigenvalue weighted by Crippen LogP contribution is -2.50. The predicted octanol–water partition coefficient (Wildman–Crippen LogP) is 14.6. The molecule has 12 atom stereocenters. The number of benzene rings is 1. The highest BCUT2D eigenvalue weighted by Crippen LogP contribution is 2.38. The van der Waals surface area contributed by atoms with Crippen LogP contribution in [0.4, 0.5) is 5.69 Å². The zero-order chi connectivity index (χ0) is 85.2. The minimum absolute atomic E-state index is 0.00221. The van der Waals surface area contributed by atoms with E-state index < -0.39 is 77.1 Å². The first kappa shape index (κ1) is 97.8. The molecule has 2 fully saturated rings. The SMILES string of the molecule is CCCC(=O)OCN(C(=O)[C@@H](CC(=O)[C@H]1CCCCN1C)[C@@H](C)CC)[C@H](C[C@@H](C)c1nc(C(=O)O)cs1)C(C)C.CCCC(=O)OCN(C(=O)[C@@H](CC(=O)[C@H]1CCCCN1C)[C@@H](C)CC)[C@H](C[C@@H](OC(C)=O)c1nc(C(=O)C[C@@H](Cc2ccc(O)cc2)C[C@H](C)C(=O)NCC(=O)OCCSSc2ncccc2[N+](=O)[O-])cs1)C(C)C. The van der Waals surface area contributed by atoms with Crippen molar-refractivity contribution in [1.82, 2.24) is 39.9 Å². The molecule has 0 aliphatic carbocycles. The number of carboxylic acid groups (broad SMARTS) is 1. The fourth-order valence-corrected chi connectivity index (χ4v) is 18.0. The van der Waals surface area contributed by atoms with Crippen LogP contribution in [0.1, 0.15) is 254 Å². The topological polar surface area (TPSA) is 372 Å². The lowest BCUT2D eigenvalue weighted by Gasteiger charge is -2.39. The van der Waals surface area contributed by atoms with Crippen LogP contribution in [-0.4, -0.2) is 198 Å². The number of amides is 3. The van der Waals surface area contributed by atoms with Crippen LogP contribution in [0.25, 0.3) is 0 Å². The third-order valence-corrected chi connectivity index (χ3v) is 25.8. The number of aromatic nitrogens is 3. The fraction of sp³-hybridized carbons (Fsp3) is 0.663. The summed E-state index contributed by atoms with van der Waals surface area (Å²) in [6.45, 7) is 25.2. The Balaban J connectivity index is 0.000000495. The molecule has 638 valence electrons. The molecule has 0 bridgehead atoms.